The molecular formula is C29H32N2O5S. The van der Waals surface area contributed by atoms with Gasteiger partial charge in [-0.05, 0) is 73.0 Å². The Kier molecular flexibility index (Phi) is 7.76. The van der Waals surface area contributed by atoms with Crippen molar-refractivity contribution < 1.29 is 23.8 Å². The molecule has 1 aromatic heterocycles. The van der Waals surface area contributed by atoms with Gasteiger partial charge in [-0.1, -0.05) is 24.3 Å². The highest BCUT2D eigenvalue weighted by Crippen LogP contribution is 2.33. The van der Waals surface area contributed by atoms with E-state index in [0.717, 1.165) is 34.4 Å². The summed E-state index contributed by atoms with van der Waals surface area (Å²) in [6, 6.07) is 15.3. The molecule has 8 heteroatoms. The Morgan fingerprint density at radius 3 is 2.57 bits per heavy atom. The van der Waals surface area contributed by atoms with Gasteiger partial charge < -0.3 is 24.0 Å². The van der Waals surface area contributed by atoms with Crippen molar-refractivity contribution in [1.82, 2.24) is 9.80 Å². The van der Waals surface area contributed by atoms with Crippen molar-refractivity contribution in [2.24, 2.45) is 0 Å². The zero-order valence-electron chi connectivity index (χ0n) is 21.3. The molecule has 3 aromatic rings. The number of thiophene rings is 1. The third kappa shape index (κ3) is 5.97. The number of hydrogen-bond acceptors (Lipinski definition) is 6. The molecule has 0 unspecified atom stereocenters. The number of hydrogen-bond donors (Lipinski definition) is 0. The third-order valence-corrected chi connectivity index (χ3v) is 7.91. The Bertz CT molecular complexity index is 1270. The largest absolute Gasteiger partial charge is 0.454 e. The summed E-state index contributed by atoms with van der Waals surface area (Å²) in [6.45, 7) is 6.14. The van der Waals surface area contributed by atoms with Crippen LogP contribution < -0.4 is 9.47 Å². The highest BCUT2D eigenvalue weighted by molar-refractivity contribution is 7.10. The topological polar surface area (TPSA) is 68.3 Å². The van der Waals surface area contributed by atoms with Crippen LogP contribution in [0.15, 0.2) is 53.9 Å². The zero-order chi connectivity index (χ0) is 25.8. The average Bonchev–Trinajstić information content (AvgIpc) is 3.66. The molecule has 0 aliphatic carbocycles. The first-order chi connectivity index (χ1) is 18.0. The molecule has 3 heterocycles. The maximum absolute atomic E-state index is 13.9. The second-order valence-electron chi connectivity index (χ2n) is 9.60. The van der Waals surface area contributed by atoms with Crippen molar-refractivity contribution in [2.45, 2.75) is 45.9 Å². The van der Waals surface area contributed by atoms with Gasteiger partial charge in [-0.3, -0.25) is 9.59 Å². The highest BCUT2D eigenvalue weighted by Gasteiger charge is 2.28. The first-order valence-corrected chi connectivity index (χ1v) is 13.5. The van der Waals surface area contributed by atoms with Gasteiger partial charge in [0.05, 0.1) is 12.6 Å². The lowest BCUT2D eigenvalue weighted by molar-refractivity contribution is -0.133. The van der Waals surface area contributed by atoms with E-state index in [4.69, 9.17) is 14.2 Å². The number of nitrogens with zero attached hydrogens (tertiary/aromatic N) is 2. The molecule has 0 N–H and O–H groups in total. The van der Waals surface area contributed by atoms with Gasteiger partial charge in [0.2, 0.25) is 12.7 Å². The van der Waals surface area contributed by atoms with Gasteiger partial charge in [0, 0.05) is 30.1 Å². The number of carbonyl (C=O) groups excluding carboxylic acids is 2. The van der Waals surface area contributed by atoms with Crippen molar-refractivity contribution in [1.29, 1.82) is 0 Å². The fourth-order valence-corrected chi connectivity index (χ4v) is 5.65. The standard InChI is InChI=1S/C29H32N2O5S/c1-20-6-3-4-8-24(20)29(33)31(16-23-7-5-12-34-23)18-28(32)30(17-27-21(2)11-13-37-27)15-22-9-10-25-26(14-22)36-19-35-25/h3-4,6,8-11,13-14,23H,5,7,12,15-19H2,1-2H3/t23-/m0/s1. The van der Waals surface area contributed by atoms with Gasteiger partial charge in [-0.25, -0.2) is 0 Å². The molecule has 5 rings (SSSR count). The van der Waals surface area contributed by atoms with E-state index in [1.165, 1.54) is 0 Å². The molecular weight excluding hydrogens is 488 g/mol. The molecule has 2 aliphatic heterocycles. The Labute approximate surface area is 221 Å². The van der Waals surface area contributed by atoms with Crippen LogP contribution in [-0.2, 0) is 22.6 Å². The molecule has 0 saturated carbocycles. The molecule has 0 spiro atoms. The van der Waals surface area contributed by atoms with Crippen molar-refractivity contribution in [3.8, 4) is 11.5 Å². The van der Waals surface area contributed by atoms with Crippen LogP contribution in [0.1, 0.15) is 44.8 Å². The normalized spacial score (nSPS) is 16.1. The van der Waals surface area contributed by atoms with Crippen LogP contribution in [0.5, 0.6) is 11.5 Å². The first-order valence-electron chi connectivity index (χ1n) is 12.6. The van der Waals surface area contributed by atoms with Crippen LogP contribution in [-0.4, -0.2) is 54.2 Å². The van der Waals surface area contributed by atoms with E-state index in [1.54, 1.807) is 16.2 Å². The molecule has 0 radical (unpaired) electrons. The number of aryl methyl sites for hydroxylation is 2. The van der Waals surface area contributed by atoms with E-state index in [1.807, 2.05) is 59.7 Å². The van der Waals surface area contributed by atoms with E-state index in [0.29, 0.717) is 43.3 Å². The maximum Gasteiger partial charge on any atom is 0.254 e. The molecule has 1 atom stereocenters. The van der Waals surface area contributed by atoms with Gasteiger partial charge in [0.15, 0.2) is 11.5 Å². The Balaban J connectivity index is 1.39. The Morgan fingerprint density at radius 2 is 1.81 bits per heavy atom. The lowest BCUT2D eigenvalue weighted by atomic mass is 10.1. The number of carbonyl (C=O) groups is 2. The monoisotopic (exact) mass is 520 g/mol. The van der Waals surface area contributed by atoms with E-state index < -0.39 is 0 Å². The summed E-state index contributed by atoms with van der Waals surface area (Å²) in [5, 5.41) is 2.04. The van der Waals surface area contributed by atoms with E-state index in [9.17, 15) is 9.59 Å². The summed E-state index contributed by atoms with van der Waals surface area (Å²) < 4.78 is 16.8. The molecule has 0 bridgehead atoms. The quantitative estimate of drug-likeness (QED) is 0.400. The average molecular weight is 521 g/mol. The lowest BCUT2D eigenvalue weighted by Gasteiger charge is -2.29. The van der Waals surface area contributed by atoms with Gasteiger partial charge >= 0.3 is 0 Å². The molecule has 1 fully saturated rings. The second kappa shape index (κ2) is 11.4. The maximum atomic E-state index is 13.9. The minimum absolute atomic E-state index is 0.0119. The third-order valence-electron chi connectivity index (χ3n) is 6.90. The molecule has 194 valence electrons. The minimum atomic E-state index is -0.141. The summed E-state index contributed by atoms with van der Waals surface area (Å²) in [5.41, 5.74) is 3.61. The molecule has 7 nitrogen and oxygen atoms in total. The van der Waals surface area contributed by atoms with Crippen LogP contribution in [0, 0.1) is 13.8 Å². The molecule has 2 aliphatic rings. The van der Waals surface area contributed by atoms with Crippen molar-refractivity contribution in [3.63, 3.8) is 0 Å². The number of ether oxygens (including phenoxy) is 3. The van der Waals surface area contributed by atoms with Crippen LogP contribution in [0.3, 0.4) is 0 Å². The molecule has 2 amide bonds. The smallest absolute Gasteiger partial charge is 0.254 e. The van der Waals surface area contributed by atoms with Crippen LogP contribution in [0.4, 0.5) is 0 Å². The second-order valence-corrected chi connectivity index (χ2v) is 10.6. The van der Waals surface area contributed by atoms with Gasteiger partial charge in [-0.2, -0.15) is 0 Å². The van der Waals surface area contributed by atoms with Crippen LogP contribution in [0.2, 0.25) is 0 Å². The number of benzene rings is 2. The summed E-state index contributed by atoms with van der Waals surface area (Å²) in [7, 11) is 0. The fraction of sp³-hybridized carbons (Fsp3) is 0.379. The van der Waals surface area contributed by atoms with Crippen molar-refractivity contribution >= 4 is 23.2 Å². The fourth-order valence-electron chi connectivity index (χ4n) is 4.73. The number of amides is 2. The molecule has 1 saturated heterocycles. The highest BCUT2D eigenvalue weighted by atomic mass is 32.1. The minimum Gasteiger partial charge on any atom is -0.454 e. The van der Waals surface area contributed by atoms with Crippen LogP contribution >= 0.6 is 11.3 Å². The van der Waals surface area contributed by atoms with Gasteiger partial charge in [0.25, 0.3) is 5.91 Å². The molecule has 2 aromatic carbocycles. The SMILES string of the molecule is Cc1ccccc1C(=O)N(CC(=O)N(Cc1ccc2c(c1)OCO2)Cc1sccc1C)C[C@@H]1CCCO1. The van der Waals surface area contributed by atoms with E-state index >= 15 is 0 Å². The zero-order valence-corrected chi connectivity index (χ0v) is 22.1. The first kappa shape index (κ1) is 25.3. The predicted octanol–water partition coefficient (Wildman–Crippen LogP) is 4.94. The van der Waals surface area contributed by atoms with Crippen molar-refractivity contribution in [2.75, 3.05) is 26.5 Å². The Hall–Kier alpha value is -3.36. The van der Waals surface area contributed by atoms with Gasteiger partial charge in [-0.15, -0.1) is 11.3 Å². The van der Waals surface area contributed by atoms with Crippen LogP contribution in [0.25, 0.3) is 0 Å². The Morgan fingerprint density at radius 1 is 0.973 bits per heavy atom. The number of fused-ring (bicyclic) bond motifs is 1. The van der Waals surface area contributed by atoms with E-state index in [-0.39, 0.29) is 31.3 Å². The predicted molar refractivity (Wildman–Crippen MR) is 142 cm³/mol. The molecule has 37 heavy (non-hydrogen) atoms. The summed E-state index contributed by atoms with van der Waals surface area (Å²) in [4.78, 5) is 32.1. The van der Waals surface area contributed by atoms with Crippen molar-refractivity contribution in [3.05, 3.63) is 81.0 Å². The lowest BCUT2D eigenvalue weighted by Crippen LogP contribution is -2.45. The summed E-state index contributed by atoms with van der Waals surface area (Å²) in [5.74, 6) is 1.15. The van der Waals surface area contributed by atoms with Gasteiger partial charge in [0.1, 0.15) is 6.54 Å². The summed E-state index contributed by atoms with van der Waals surface area (Å²) >= 11 is 1.64. The summed E-state index contributed by atoms with van der Waals surface area (Å²) in [6.07, 6.45) is 1.81. The number of rotatable bonds is 9. The van der Waals surface area contributed by atoms with E-state index in [2.05, 4.69) is 13.0 Å².